The molecule has 0 aliphatic rings. The van der Waals surface area contributed by atoms with E-state index in [1.165, 1.54) is 0 Å². The van der Waals surface area contributed by atoms with Crippen LogP contribution in [0.4, 0.5) is 0 Å². The molecule has 0 heterocycles. The second-order valence-electron chi connectivity index (χ2n) is 1.15. The maximum atomic E-state index is 8.88. The van der Waals surface area contributed by atoms with Crippen LogP contribution in [0.3, 0.4) is 0 Å². The molecule has 0 saturated carbocycles. The molecule has 0 aliphatic heterocycles. The Morgan fingerprint density at radius 1 is 1.00 bits per heavy atom. The van der Waals surface area contributed by atoms with Crippen molar-refractivity contribution in [1.82, 2.24) is 0 Å². The van der Waals surface area contributed by atoms with E-state index < -0.39 is 7.82 Å². The number of hydrogen-bond donors (Lipinski definition) is 5. The molecule has 7 heteroatoms. The summed E-state index contributed by atoms with van der Waals surface area (Å²) < 4.78 is 8.88. The highest BCUT2D eigenvalue weighted by atomic mass is 31.2. The van der Waals surface area contributed by atoms with Gasteiger partial charge in [0, 0.05) is 13.2 Å². The van der Waals surface area contributed by atoms with E-state index in [0.29, 0.717) is 0 Å². The molecule has 0 radical (unpaired) electrons. The van der Waals surface area contributed by atoms with Gasteiger partial charge in [0.05, 0.1) is 0 Å². The Labute approximate surface area is 65.4 Å². The van der Waals surface area contributed by atoms with E-state index >= 15 is 0 Å². The van der Waals surface area contributed by atoms with Crippen molar-refractivity contribution in [2.24, 2.45) is 0 Å². The summed E-state index contributed by atoms with van der Waals surface area (Å²) in [6, 6.07) is 0. The summed E-state index contributed by atoms with van der Waals surface area (Å²) in [5.74, 6) is 0. The van der Waals surface area contributed by atoms with Crippen LogP contribution < -0.4 is 0 Å². The van der Waals surface area contributed by atoms with Crippen molar-refractivity contribution in [3.8, 4) is 0 Å². The Morgan fingerprint density at radius 2 is 1.00 bits per heavy atom. The topological polar surface area (TPSA) is 118 Å². The first kappa shape index (κ1) is 17.2. The Morgan fingerprint density at radius 3 is 1.00 bits per heavy atom. The summed E-state index contributed by atoms with van der Waals surface area (Å²) in [6.07, 6.45) is 0. The fraction of sp³-hybridized carbons (Fsp3) is 1.00. The van der Waals surface area contributed by atoms with E-state index in [1.807, 2.05) is 0 Å². The van der Waals surface area contributed by atoms with Crippen LogP contribution in [0.5, 0.6) is 0 Å². The quantitative estimate of drug-likeness (QED) is 0.315. The van der Waals surface area contributed by atoms with Gasteiger partial charge in [0.2, 0.25) is 0 Å². The predicted molar refractivity (Wildman–Crippen MR) is 39.8 cm³/mol. The molecule has 11 heavy (non-hydrogen) atoms. The third kappa shape index (κ3) is 719000. The number of aliphatic hydroxyl groups excluding tert-OH is 2. The maximum Gasteiger partial charge on any atom is 0.466 e. The molecule has 5 N–H and O–H groups in total. The average Bonchev–Trinajstić information content (AvgIpc) is 1.62. The van der Waals surface area contributed by atoms with Crippen LogP contribution in [0.25, 0.3) is 0 Å². The first-order valence-electron chi connectivity index (χ1n) is 2.83. The molecule has 0 aliphatic carbocycles. The maximum absolute atomic E-state index is 8.88. The normalized spacial score (nSPS) is 8.64. The van der Waals surface area contributed by atoms with Gasteiger partial charge in [-0.25, -0.2) is 4.57 Å². The zero-order chi connectivity index (χ0) is 9.91. The standard InChI is InChI=1S/2C2H6O.H3O4P/c2*1-2-3;1-5(2,3)4/h2*3H,2H2,1H3;(H3,1,2,3,4). The molecule has 0 aromatic rings. The van der Waals surface area contributed by atoms with Crippen molar-refractivity contribution in [3.63, 3.8) is 0 Å². The highest BCUT2D eigenvalue weighted by Crippen LogP contribution is 2.25. The third-order valence-electron chi connectivity index (χ3n) is 0. The minimum Gasteiger partial charge on any atom is -0.397 e. The van der Waals surface area contributed by atoms with Gasteiger partial charge in [0.1, 0.15) is 0 Å². The van der Waals surface area contributed by atoms with Crippen molar-refractivity contribution < 1.29 is 29.5 Å². The second-order valence-corrected chi connectivity index (χ2v) is 2.17. The summed E-state index contributed by atoms with van der Waals surface area (Å²) in [5, 5.41) is 15.1. The van der Waals surface area contributed by atoms with Gasteiger partial charge in [-0.2, -0.15) is 0 Å². The number of rotatable bonds is 0. The Hall–Kier alpha value is 0.0300. The third-order valence-corrected chi connectivity index (χ3v) is 0. The molecule has 0 unspecified atom stereocenters. The van der Waals surface area contributed by atoms with Gasteiger partial charge in [0.15, 0.2) is 0 Å². The molecule has 0 aromatic heterocycles. The molecule has 0 atom stereocenters. The zero-order valence-corrected chi connectivity index (χ0v) is 7.40. The van der Waals surface area contributed by atoms with Crippen molar-refractivity contribution in [2.75, 3.05) is 13.2 Å². The molecule has 0 fully saturated rings. The second kappa shape index (κ2) is 12.7. The monoisotopic (exact) mass is 190 g/mol. The lowest BCUT2D eigenvalue weighted by atomic mass is 10.9. The van der Waals surface area contributed by atoms with Gasteiger partial charge in [-0.3, -0.25) is 0 Å². The highest BCUT2D eigenvalue weighted by Gasteiger charge is 2.00. The first-order valence-corrected chi connectivity index (χ1v) is 4.39. The van der Waals surface area contributed by atoms with Gasteiger partial charge in [-0.15, -0.1) is 0 Å². The molecule has 0 amide bonds. The summed E-state index contributed by atoms with van der Waals surface area (Å²) in [4.78, 5) is 21.6. The van der Waals surface area contributed by atoms with Gasteiger partial charge in [0.25, 0.3) is 0 Å². The summed E-state index contributed by atoms with van der Waals surface area (Å²) in [7, 11) is -4.64. The lowest BCUT2D eigenvalue weighted by molar-refractivity contribution is 0.275. The zero-order valence-electron chi connectivity index (χ0n) is 6.51. The van der Waals surface area contributed by atoms with Crippen molar-refractivity contribution in [3.05, 3.63) is 0 Å². The SMILES string of the molecule is CCO.CCO.O=P(O)(O)O. The predicted octanol–water partition coefficient (Wildman–Crippen LogP) is -0.931. The molecule has 0 bridgehead atoms. The smallest absolute Gasteiger partial charge is 0.397 e. The van der Waals surface area contributed by atoms with Gasteiger partial charge in [-0.1, -0.05) is 0 Å². The fourth-order valence-electron chi connectivity index (χ4n) is 0. The minimum absolute atomic E-state index is 0.250. The molecule has 0 aromatic carbocycles. The van der Waals surface area contributed by atoms with Crippen molar-refractivity contribution >= 4 is 7.82 Å². The van der Waals surface area contributed by atoms with Gasteiger partial charge >= 0.3 is 7.82 Å². The van der Waals surface area contributed by atoms with E-state index in [-0.39, 0.29) is 13.2 Å². The van der Waals surface area contributed by atoms with Crippen molar-refractivity contribution in [1.29, 1.82) is 0 Å². The van der Waals surface area contributed by atoms with E-state index in [1.54, 1.807) is 13.8 Å². The Balaban J connectivity index is -0.0000000933. The fourth-order valence-corrected chi connectivity index (χ4v) is 0. The molecule has 0 saturated heterocycles. The van der Waals surface area contributed by atoms with Crippen LogP contribution >= 0.6 is 7.82 Å². The molecule has 0 rings (SSSR count). The molecule has 6 nitrogen and oxygen atoms in total. The largest absolute Gasteiger partial charge is 0.466 e. The van der Waals surface area contributed by atoms with Crippen LogP contribution in [0, 0.1) is 0 Å². The van der Waals surface area contributed by atoms with Crippen LogP contribution in [-0.4, -0.2) is 38.1 Å². The summed E-state index contributed by atoms with van der Waals surface area (Å²) in [6.45, 7) is 3.86. The highest BCUT2D eigenvalue weighted by molar-refractivity contribution is 7.45. The Bertz CT molecular complexity index is 78.3. The number of phosphoric acid groups is 1. The molecule has 72 valence electrons. The number of aliphatic hydroxyl groups is 2. The van der Waals surface area contributed by atoms with E-state index in [2.05, 4.69) is 0 Å². The van der Waals surface area contributed by atoms with Gasteiger partial charge in [-0.05, 0) is 13.8 Å². The average molecular weight is 190 g/mol. The van der Waals surface area contributed by atoms with E-state index in [0.717, 1.165) is 0 Å². The molecular formula is C4H15O6P. The van der Waals surface area contributed by atoms with Crippen LogP contribution in [-0.2, 0) is 4.57 Å². The van der Waals surface area contributed by atoms with E-state index in [9.17, 15) is 0 Å². The van der Waals surface area contributed by atoms with Crippen LogP contribution in [0.2, 0.25) is 0 Å². The van der Waals surface area contributed by atoms with Crippen LogP contribution in [0.1, 0.15) is 13.8 Å². The van der Waals surface area contributed by atoms with Gasteiger partial charge < -0.3 is 24.9 Å². The first-order chi connectivity index (χ1) is 4.83. The lowest BCUT2D eigenvalue weighted by Crippen LogP contribution is -1.66. The summed E-state index contributed by atoms with van der Waals surface area (Å²) >= 11 is 0. The van der Waals surface area contributed by atoms with E-state index in [4.69, 9.17) is 29.5 Å². The molecular weight excluding hydrogens is 175 g/mol. The summed E-state index contributed by atoms with van der Waals surface area (Å²) in [5.41, 5.74) is 0. The lowest BCUT2D eigenvalue weighted by Gasteiger charge is -1.82. The van der Waals surface area contributed by atoms with Crippen molar-refractivity contribution in [2.45, 2.75) is 13.8 Å². The minimum atomic E-state index is -4.64. The molecule has 0 spiro atoms. The Kier molecular flexibility index (Phi) is 19.8. The van der Waals surface area contributed by atoms with Crippen LogP contribution in [0.15, 0.2) is 0 Å². The number of hydrogen-bond acceptors (Lipinski definition) is 3.